The predicted molar refractivity (Wildman–Crippen MR) is 251 cm³/mol. The van der Waals surface area contributed by atoms with E-state index in [9.17, 15) is 0 Å². The van der Waals surface area contributed by atoms with Crippen LogP contribution in [0.2, 0.25) is 24.2 Å². The standard InChI is InChI=1S/C52H108Si/c1-5-9-13-16-19-22-25-28-31-34-37-40-43-46-50-53(49-12-8-4,51-47-44-41-38-35-32-29-26-23-20-17-14-10-6-2)52-48-45-42-39-36-33-30-27-24-21-18-15-11-7-3/h5-52H2,1-4H3. The molecule has 0 aromatic heterocycles. The van der Waals surface area contributed by atoms with Crippen LogP contribution in [0.25, 0.3) is 0 Å². The van der Waals surface area contributed by atoms with Crippen molar-refractivity contribution in [2.75, 3.05) is 0 Å². The quantitative estimate of drug-likeness (QED) is 0.0428. The number of unbranched alkanes of at least 4 members (excludes halogenated alkanes) is 40. The molecule has 0 nitrogen and oxygen atoms in total. The van der Waals surface area contributed by atoms with Gasteiger partial charge in [-0.15, -0.1) is 0 Å². The topological polar surface area (TPSA) is 0 Å². The third-order valence-electron chi connectivity index (χ3n) is 13.2. The molecular formula is C52H108Si. The Hall–Kier alpha value is 0.217. The first-order chi connectivity index (χ1) is 26.2. The van der Waals surface area contributed by atoms with Crippen LogP contribution in [0.15, 0.2) is 0 Å². The lowest BCUT2D eigenvalue weighted by Crippen LogP contribution is -2.33. The molecule has 0 rings (SSSR count). The van der Waals surface area contributed by atoms with Gasteiger partial charge in [0.15, 0.2) is 0 Å². The van der Waals surface area contributed by atoms with E-state index in [1.54, 1.807) is 43.4 Å². The van der Waals surface area contributed by atoms with Crippen molar-refractivity contribution in [2.24, 2.45) is 0 Å². The number of rotatable bonds is 48. The fourth-order valence-electron chi connectivity index (χ4n) is 9.39. The van der Waals surface area contributed by atoms with Crippen LogP contribution in [0.4, 0.5) is 0 Å². The predicted octanol–water partition coefficient (Wildman–Crippen LogP) is 20.7. The summed E-state index contributed by atoms with van der Waals surface area (Å²) in [6.45, 7) is 9.44. The van der Waals surface area contributed by atoms with Crippen molar-refractivity contribution in [1.29, 1.82) is 0 Å². The minimum Gasteiger partial charge on any atom is -0.0654 e. The smallest absolute Gasteiger partial charge is 0.0535 e. The maximum Gasteiger partial charge on any atom is 0.0535 e. The SMILES string of the molecule is CCCCCCCCCCCCCCCC[Si](CCCC)(CCCCCCCCCCCCCCCC)CCCCCCCCCCCCCCCC. The molecule has 0 aliphatic carbocycles. The van der Waals surface area contributed by atoms with Gasteiger partial charge >= 0.3 is 0 Å². The Bertz CT molecular complexity index is 548. The van der Waals surface area contributed by atoms with Gasteiger partial charge in [0.05, 0.1) is 8.07 Å². The fourth-order valence-corrected chi connectivity index (χ4v) is 15.0. The second-order valence-electron chi connectivity index (χ2n) is 18.6. The highest BCUT2D eigenvalue weighted by atomic mass is 28.3. The van der Waals surface area contributed by atoms with E-state index in [-0.39, 0.29) is 0 Å². The summed E-state index contributed by atoms with van der Waals surface area (Å²) in [6.07, 6.45) is 65.7. The van der Waals surface area contributed by atoms with Crippen molar-refractivity contribution in [2.45, 2.75) is 334 Å². The first-order valence-electron chi connectivity index (χ1n) is 26.2. The normalized spacial score (nSPS) is 12.0. The van der Waals surface area contributed by atoms with Crippen molar-refractivity contribution in [3.63, 3.8) is 0 Å². The highest BCUT2D eigenvalue weighted by Gasteiger charge is 2.30. The first-order valence-corrected chi connectivity index (χ1v) is 29.1. The summed E-state index contributed by atoms with van der Waals surface area (Å²) in [5.74, 6) is 0. The lowest BCUT2D eigenvalue weighted by molar-refractivity contribution is 0.535. The Labute approximate surface area is 341 Å². The van der Waals surface area contributed by atoms with Crippen LogP contribution in [0.3, 0.4) is 0 Å². The molecule has 320 valence electrons. The Kier molecular flexibility index (Phi) is 46.8. The lowest BCUT2D eigenvalue weighted by Gasteiger charge is -2.33. The third-order valence-corrected chi connectivity index (χ3v) is 18.9. The molecule has 53 heavy (non-hydrogen) atoms. The van der Waals surface area contributed by atoms with E-state index in [4.69, 9.17) is 0 Å². The van der Waals surface area contributed by atoms with E-state index in [1.165, 1.54) is 263 Å². The Balaban J connectivity index is 4.42. The maximum absolute atomic E-state index is 2.46. The molecule has 1 heteroatoms. The molecule has 0 spiro atoms. The molecule has 0 radical (unpaired) electrons. The fraction of sp³-hybridized carbons (Fsp3) is 1.00. The van der Waals surface area contributed by atoms with Gasteiger partial charge in [-0.05, 0) is 0 Å². The molecular weight excluding hydrogens is 653 g/mol. The molecule has 0 saturated carbocycles. The van der Waals surface area contributed by atoms with Crippen LogP contribution in [0, 0.1) is 0 Å². The average Bonchev–Trinajstić information content (AvgIpc) is 3.17. The van der Waals surface area contributed by atoms with Gasteiger partial charge in [-0.25, -0.2) is 0 Å². The zero-order valence-corrected chi connectivity index (χ0v) is 39.4. The molecule has 0 aromatic carbocycles. The van der Waals surface area contributed by atoms with Crippen LogP contribution in [0.5, 0.6) is 0 Å². The van der Waals surface area contributed by atoms with Crippen LogP contribution in [0.1, 0.15) is 310 Å². The summed E-state index contributed by atoms with van der Waals surface area (Å²) in [4.78, 5) is 0. The Morgan fingerprint density at radius 2 is 0.283 bits per heavy atom. The molecule has 0 saturated heterocycles. The molecule has 0 aromatic rings. The first kappa shape index (κ1) is 53.2. The van der Waals surface area contributed by atoms with Crippen LogP contribution in [-0.2, 0) is 0 Å². The van der Waals surface area contributed by atoms with E-state index >= 15 is 0 Å². The molecule has 0 heterocycles. The number of hydrogen-bond donors (Lipinski definition) is 0. The molecule has 0 unspecified atom stereocenters. The van der Waals surface area contributed by atoms with E-state index in [2.05, 4.69) is 27.7 Å². The highest BCUT2D eigenvalue weighted by molar-refractivity contribution is 6.79. The van der Waals surface area contributed by atoms with E-state index in [1.807, 2.05) is 0 Å². The van der Waals surface area contributed by atoms with Crippen LogP contribution in [-0.4, -0.2) is 8.07 Å². The van der Waals surface area contributed by atoms with Crippen molar-refractivity contribution >= 4 is 8.07 Å². The van der Waals surface area contributed by atoms with Gasteiger partial charge in [0.2, 0.25) is 0 Å². The van der Waals surface area contributed by atoms with Gasteiger partial charge < -0.3 is 0 Å². The minimum atomic E-state index is -1.12. The van der Waals surface area contributed by atoms with Gasteiger partial charge in [-0.2, -0.15) is 0 Å². The molecule has 0 N–H and O–H groups in total. The molecule has 0 aliphatic rings. The lowest BCUT2D eigenvalue weighted by atomic mass is 10.0. The number of hydrogen-bond acceptors (Lipinski definition) is 0. The van der Waals surface area contributed by atoms with Gasteiger partial charge in [0, 0.05) is 0 Å². The zero-order valence-electron chi connectivity index (χ0n) is 38.4. The van der Waals surface area contributed by atoms with Crippen LogP contribution >= 0.6 is 0 Å². The minimum absolute atomic E-state index is 1.12. The largest absolute Gasteiger partial charge is 0.0654 e. The summed E-state index contributed by atoms with van der Waals surface area (Å²) >= 11 is 0. The summed E-state index contributed by atoms with van der Waals surface area (Å²) in [5.41, 5.74) is 0. The summed E-state index contributed by atoms with van der Waals surface area (Å²) in [7, 11) is -1.12. The second kappa shape index (κ2) is 46.6. The van der Waals surface area contributed by atoms with Gasteiger partial charge in [-0.3, -0.25) is 0 Å². The van der Waals surface area contributed by atoms with Gasteiger partial charge in [-0.1, -0.05) is 334 Å². The van der Waals surface area contributed by atoms with Crippen molar-refractivity contribution in [1.82, 2.24) is 0 Å². The van der Waals surface area contributed by atoms with Crippen molar-refractivity contribution in [3.05, 3.63) is 0 Å². The highest BCUT2D eigenvalue weighted by Crippen LogP contribution is 2.35. The summed E-state index contributed by atoms with van der Waals surface area (Å²) in [6, 6.07) is 6.71. The third kappa shape index (κ3) is 41.7. The monoisotopic (exact) mass is 761 g/mol. The van der Waals surface area contributed by atoms with E-state index in [0.29, 0.717) is 0 Å². The van der Waals surface area contributed by atoms with Crippen LogP contribution < -0.4 is 0 Å². The molecule has 0 bridgehead atoms. The Morgan fingerprint density at radius 3 is 0.453 bits per heavy atom. The molecule has 0 amide bonds. The zero-order chi connectivity index (χ0) is 38.4. The maximum atomic E-state index is 2.46. The second-order valence-corrected chi connectivity index (χ2v) is 23.6. The van der Waals surface area contributed by atoms with Crippen molar-refractivity contribution < 1.29 is 0 Å². The molecule has 0 aliphatic heterocycles. The summed E-state index contributed by atoms with van der Waals surface area (Å²) in [5, 5.41) is 0. The van der Waals surface area contributed by atoms with E-state index < -0.39 is 8.07 Å². The Morgan fingerprint density at radius 1 is 0.151 bits per heavy atom. The molecule has 0 atom stereocenters. The van der Waals surface area contributed by atoms with Gasteiger partial charge in [0.1, 0.15) is 0 Å². The average molecular weight is 762 g/mol. The molecule has 0 fully saturated rings. The van der Waals surface area contributed by atoms with E-state index in [0.717, 1.165) is 0 Å². The van der Waals surface area contributed by atoms with Gasteiger partial charge in [0.25, 0.3) is 0 Å². The summed E-state index contributed by atoms with van der Waals surface area (Å²) < 4.78 is 0. The van der Waals surface area contributed by atoms with Crippen molar-refractivity contribution in [3.8, 4) is 0 Å².